The molecule has 2 aromatic heterocycles. The van der Waals surface area contributed by atoms with Gasteiger partial charge in [-0.25, -0.2) is 0 Å². The Balaban J connectivity index is 1.68. The number of carbonyl (C=O) groups excluding carboxylic acids is 1. The van der Waals surface area contributed by atoms with Crippen LogP contribution in [-0.2, 0) is 21.5 Å². The molecule has 0 saturated carbocycles. The van der Waals surface area contributed by atoms with Gasteiger partial charge in [-0.1, -0.05) is 11.2 Å². The van der Waals surface area contributed by atoms with Gasteiger partial charge in [-0.05, 0) is 31.2 Å². The van der Waals surface area contributed by atoms with Gasteiger partial charge in [-0.15, -0.1) is 11.3 Å². The lowest BCUT2D eigenvalue weighted by Gasteiger charge is -2.34. The van der Waals surface area contributed by atoms with E-state index in [9.17, 15) is 13.2 Å². The third kappa shape index (κ3) is 4.43. The summed E-state index contributed by atoms with van der Waals surface area (Å²) in [5.41, 5.74) is 0. The van der Waals surface area contributed by atoms with E-state index in [0.717, 1.165) is 4.88 Å². The number of rotatable bonds is 7. The van der Waals surface area contributed by atoms with Gasteiger partial charge in [0.1, 0.15) is 0 Å². The molecule has 9 nitrogen and oxygen atoms in total. The number of aromatic nitrogens is 2. The summed E-state index contributed by atoms with van der Waals surface area (Å²) in [5, 5.41) is 5.91. The van der Waals surface area contributed by atoms with E-state index >= 15 is 0 Å². The lowest BCUT2D eigenvalue weighted by Crippen LogP contribution is -2.49. The summed E-state index contributed by atoms with van der Waals surface area (Å²) in [6.07, 6.45) is 1.32. The van der Waals surface area contributed by atoms with Crippen molar-refractivity contribution in [2.45, 2.75) is 26.3 Å². The minimum Gasteiger partial charge on any atom is -0.337 e. The maximum Gasteiger partial charge on any atom is 0.281 e. The molecule has 3 rings (SSSR count). The molecule has 0 aliphatic carbocycles. The van der Waals surface area contributed by atoms with E-state index in [1.807, 2.05) is 24.4 Å². The van der Waals surface area contributed by atoms with Crippen LogP contribution in [0.5, 0.6) is 0 Å². The van der Waals surface area contributed by atoms with Gasteiger partial charge in [0, 0.05) is 33.7 Å². The largest absolute Gasteiger partial charge is 0.337 e. The van der Waals surface area contributed by atoms with Crippen molar-refractivity contribution in [3.63, 3.8) is 0 Å². The molecule has 11 heteroatoms. The fourth-order valence-electron chi connectivity index (χ4n) is 3.18. The monoisotopic (exact) mass is 427 g/mol. The van der Waals surface area contributed by atoms with Gasteiger partial charge in [0.05, 0.1) is 17.3 Å². The first-order valence-electron chi connectivity index (χ1n) is 9.15. The van der Waals surface area contributed by atoms with Crippen molar-refractivity contribution in [3.8, 4) is 10.7 Å². The fraction of sp³-hybridized carbons (Fsp3) is 0.588. The second-order valence-electron chi connectivity index (χ2n) is 6.83. The molecule has 1 saturated heterocycles. The number of nitrogens with zero attached hydrogens (tertiary/aromatic N) is 5. The van der Waals surface area contributed by atoms with Gasteiger partial charge < -0.3 is 9.42 Å². The number of hydrogen-bond acceptors (Lipinski definition) is 7. The van der Waals surface area contributed by atoms with E-state index in [1.54, 1.807) is 4.90 Å². The summed E-state index contributed by atoms with van der Waals surface area (Å²) >= 11 is 1.52. The van der Waals surface area contributed by atoms with Crippen LogP contribution in [0.1, 0.15) is 25.7 Å². The zero-order valence-corrected chi connectivity index (χ0v) is 17.9. The molecular formula is C17H25N5O4S2. The summed E-state index contributed by atoms with van der Waals surface area (Å²) in [7, 11) is -0.524. The van der Waals surface area contributed by atoms with Crippen molar-refractivity contribution < 1.29 is 17.7 Å². The standard InChI is InChI=1S/C17H25N5O4S2/c1-4-21(12-15-18-16(19-26-15)14-8-6-10-27-14)17(23)13-7-5-9-22(11-13)28(24,25)20(2)3/h6,8,10,13H,4-5,7,9,11-12H2,1-3H3/t13-/m1/s1. The van der Waals surface area contributed by atoms with Gasteiger partial charge in [-0.2, -0.15) is 22.0 Å². The summed E-state index contributed by atoms with van der Waals surface area (Å²) in [4.78, 5) is 19.9. The van der Waals surface area contributed by atoms with E-state index in [4.69, 9.17) is 4.52 Å². The van der Waals surface area contributed by atoms with Crippen molar-refractivity contribution in [1.29, 1.82) is 0 Å². The summed E-state index contributed by atoms with van der Waals surface area (Å²) in [6, 6.07) is 3.82. The van der Waals surface area contributed by atoms with E-state index < -0.39 is 10.2 Å². The molecular weight excluding hydrogens is 402 g/mol. The number of thiophene rings is 1. The molecule has 28 heavy (non-hydrogen) atoms. The minimum atomic E-state index is -3.52. The number of amides is 1. The quantitative estimate of drug-likeness (QED) is 0.666. The van der Waals surface area contributed by atoms with Crippen LogP contribution < -0.4 is 0 Å². The Kier molecular flexibility index (Phi) is 6.48. The van der Waals surface area contributed by atoms with E-state index in [0.29, 0.717) is 37.6 Å². The predicted molar refractivity (Wildman–Crippen MR) is 106 cm³/mol. The van der Waals surface area contributed by atoms with Gasteiger partial charge in [0.15, 0.2) is 0 Å². The number of carbonyl (C=O) groups is 1. The van der Waals surface area contributed by atoms with Crippen LogP contribution in [-0.4, -0.2) is 71.7 Å². The molecule has 0 unspecified atom stereocenters. The number of hydrogen-bond donors (Lipinski definition) is 0. The van der Waals surface area contributed by atoms with Gasteiger partial charge in [-0.3, -0.25) is 4.79 Å². The lowest BCUT2D eigenvalue weighted by atomic mass is 9.98. The van der Waals surface area contributed by atoms with Crippen LogP contribution in [0, 0.1) is 5.92 Å². The molecule has 0 N–H and O–H groups in total. The van der Waals surface area contributed by atoms with Crippen molar-refractivity contribution in [3.05, 3.63) is 23.4 Å². The van der Waals surface area contributed by atoms with Gasteiger partial charge >= 0.3 is 0 Å². The van der Waals surface area contributed by atoms with Crippen molar-refractivity contribution in [1.82, 2.24) is 23.7 Å². The lowest BCUT2D eigenvalue weighted by molar-refractivity contribution is -0.137. The van der Waals surface area contributed by atoms with Gasteiger partial charge in [0.25, 0.3) is 10.2 Å². The molecule has 2 aromatic rings. The highest BCUT2D eigenvalue weighted by molar-refractivity contribution is 7.86. The van der Waals surface area contributed by atoms with Crippen LogP contribution in [0.15, 0.2) is 22.0 Å². The van der Waals surface area contributed by atoms with E-state index in [-0.39, 0.29) is 24.9 Å². The van der Waals surface area contributed by atoms with Gasteiger partial charge in [0.2, 0.25) is 17.6 Å². The van der Waals surface area contributed by atoms with Crippen LogP contribution in [0.4, 0.5) is 0 Å². The smallest absolute Gasteiger partial charge is 0.281 e. The van der Waals surface area contributed by atoms with Crippen LogP contribution in [0.25, 0.3) is 10.7 Å². The zero-order chi connectivity index (χ0) is 20.3. The molecule has 1 aliphatic heterocycles. The molecule has 1 aliphatic rings. The molecule has 0 radical (unpaired) electrons. The average Bonchev–Trinajstić information content (AvgIpc) is 3.37. The van der Waals surface area contributed by atoms with Crippen LogP contribution in [0.2, 0.25) is 0 Å². The molecule has 0 aromatic carbocycles. The SMILES string of the molecule is CCN(Cc1nc(-c2cccs2)no1)C(=O)[C@@H]1CCCN(S(=O)(=O)N(C)C)C1. The van der Waals surface area contributed by atoms with E-state index in [2.05, 4.69) is 10.1 Å². The molecule has 1 fully saturated rings. The minimum absolute atomic E-state index is 0.0861. The van der Waals surface area contributed by atoms with Crippen molar-refractivity contribution >= 4 is 27.5 Å². The maximum atomic E-state index is 13.0. The molecule has 0 bridgehead atoms. The van der Waals surface area contributed by atoms with Crippen LogP contribution >= 0.6 is 11.3 Å². The molecule has 1 amide bonds. The molecule has 1 atom stereocenters. The first-order valence-corrected chi connectivity index (χ1v) is 11.4. The van der Waals surface area contributed by atoms with Crippen LogP contribution in [0.3, 0.4) is 0 Å². The maximum absolute atomic E-state index is 13.0. The second kappa shape index (κ2) is 8.68. The third-order valence-electron chi connectivity index (χ3n) is 4.75. The zero-order valence-electron chi connectivity index (χ0n) is 16.2. The topological polar surface area (TPSA) is 99.9 Å². The Hall–Kier alpha value is -1.82. The Labute approximate surface area is 169 Å². The Morgan fingerprint density at radius 2 is 2.21 bits per heavy atom. The molecule has 154 valence electrons. The Morgan fingerprint density at radius 3 is 2.86 bits per heavy atom. The molecule has 0 spiro atoms. The normalized spacial score (nSPS) is 18.5. The van der Waals surface area contributed by atoms with E-state index in [1.165, 1.54) is 34.0 Å². The third-order valence-corrected chi connectivity index (χ3v) is 7.52. The Morgan fingerprint density at radius 1 is 1.43 bits per heavy atom. The first-order chi connectivity index (χ1) is 13.3. The second-order valence-corrected chi connectivity index (χ2v) is 9.92. The highest BCUT2D eigenvalue weighted by Gasteiger charge is 2.35. The average molecular weight is 428 g/mol. The predicted octanol–water partition coefficient (Wildman–Crippen LogP) is 1.67. The highest BCUT2D eigenvalue weighted by Crippen LogP contribution is 2.24. The summed E-state index contributed by atoms with van der Waals surface area (Å²) in [5.74, 6) is 0.418. The summed E-state index contributed by atoms with van der Waals surface area (Å²) in [6.45, 7) is 3.20. The molecule has 3 heterocycles. The first kappa shape index (κ1) is 20.9. The number of piperidine rings is 1. The highest BCUT2D eigenvalue weighted by atomic mass is 32.2. The fourth-order valence-corrected chi connectivity index (χ4v) is 5.02. The Bertz CT molecular complexity index is 895. The summed E-state index contributed by atoms with van der Waals surface area (Å²) < 4.78 is 32.7. The van der Waals surface area contributed by atoms with Crippen molar-refractivity contribution in [2.24, 2.45) is 5.92 Å². The van der Waals surface area contributed by atoms with Crippen molar-refractivity contribution in [2.75, 3.05) is 33.7 Å².